The minimum atomic E-state index is -3.38. The van der Waals surface area contributed by atoms with Crippen molar-refractivity contribution in [3.63, 3.8) is 0 Å². The number of nitrogens with zero attached hydrogens (tertiary/aromatic N) is 2. The Morgan fingerprint density at radius 1 is 1.64 bits per heavy atom. The van der Waals surface area contributed by atoms with E-state index in [1.807, 2.05) is 0 Å². The minimum absolute atomic E-state index is 0.0347. The maximum atomic E-state index is 10.8. The molecule has 0 spiro atoms. The summed E-state index contributed by atoms with van der Waals surface area (Å²) in [6.07, 6.45) is 3.71. The summed E-state index contributed by atoms with van der Waals surface area (Å²) in [5.74, 6) is 0. The van der Waals surface area contributed by atoms with Crippen LogP contribution in [0.15, 0.2) is 12.5 Å². The third kappa shape index (κ3) is 1.45. The number of carbonyl (C=O) groups is 1. The van der Waals surface area contributed by atoms with Crippen molar-refractivity contribution in [3.8, 4) is 0 Å². The second-order valence-electron chi connectivity index (χ2n) is 2.00. The molecule has 1 aromatic rings. The lowest BCUT2D eigenvalue weighted by Crippen LogP contribution is -2.11. The number of aldehydes is 1. The van der Waals surface area contributed by atoms with E-state index in [4.69, 9.17) is 0 Å². The van der Waals surface area contributed by atoms with Crippen molar-refractivity contribution in [2.24, 2.45) is 0 Å². The van der Waals surface area contributed by atoms with Crippen molar-refractivity contribution in [2.75, 3.05) is 6.26 Å². The molecule has 0 saturated heterocycles. The fraction of sp³-hybridized carbons (Fsp3) is 0.200. The Morgan fingerprint density at radius 3 is 2.64 bits per heavy atom. The molecule has 0 N–H and O–H groups in total. The molecule has 0 amide bonds. The maximum Gasteiger partial charge on any atom is 0.237 e. The van der Waals surface area contributed by atoms with E-state index in [9.17, 15) is 13.2 Å². The molecular weight excluding hydrogens is 168 g/mol. The molecule has 0 radical (unpaired) electrons. The zero-order valence-electron chi connectivity index (χ0n) is 5.76. The van der Waals surface area contributed by atoms with Crippen LogP contribution in [0.25, 0.3) is 0 Å². The number of aromatic nitrogens is 2. The van der Waals surface area contributed by atoms with Gasteiger partial charge in [0.15, 0.2) is 6.29 Å². The van der Waals surface area contributed by atoms with Gasteiger partial charge in [0.25, 0.3) is 0 Å². The van der Waals surface area contributed by atoms with Crippen LogP contribution in [0.1, 0.15) is 10.5 Å². The molecule has 11 heavy (non-hydrogen) atoms. The summed E-state index contributed by atoms with van der Waals surface area (Å²) >= 11 is 0. The summed E-state index contributed by atoms with van der Waals surface area (Å²) in [5, 5.41) is 0. The van der Waals surface area contributed by atoms with Crippen molar-refractivity contribution in [2.45, 2.75) is 0 Å². The van der Waals surface area contributed by atoms with E-state index < -0.39 is 10.0 Å². The Balaban J connectivity index is 3.35. The Labute approximate surface area is 63.7 Å². The molecule has 0 fully saturated rings. The summed E-state index contributed by atoms with van der Waals surface area (Å²) in [6.45, 7) is 0. The molecule has 60 valence electrons. The van der Waals surface area contributed by atoms with Gasteiger partial charge in [-0.25, -0.2) is 17.4 Å². The standard InChI is InChI=1S/C5H6N2O3S/c1-11(9,10)7-4-6-2-5(7)3-8/h2-4H,1H3. The largest absolute Gasteiger partial charge is 0.296 e. The number of rotatable bonds is 2. The van der Waals surface area contributed by atoms with Crippen molar-refractivity contribution >= 4 is 16.3 Å². The predicted octanol–water partition coefficient (Wildman–Crippen LogP) is -0.497. The highest BCUT2D eigenvalue weighted by atomic mass is 32.2. The zero-order valence-corrected chi connectivity index (χ0v) is 6.58. The van der Waals surface area contributed by atoms with Crippen molar-refractivity contribution in [1.29, 1.82) is 0 Å². The van der Waals surface area contributed by atoms with E-state index in [2.05, 4.69) is 4.98 Å². The highest BCUT2D eigenvalue weighted by Gasteiger charge is 2.09. The summed E-state index contributed by atoms with van der Waals surface area (Å²) in [4.78, 5) is 13.7. The first kappa shape index (κ1) is 7.93. The van der Waals surface area contributed by atoms with Crippen molar-refractivity contribution in [1.82, 2.24) is 8.96 Å². The number of hydrogen-bond acceptors (Lipinski definition) is 4. The van der Waals surface area contributed by atoms with E-state index in [0.29, 0.717) is 6.29 Å². The average Bonchev–Trinajstić information content (AvgIpc) is 2.31. The van der Waals surface area contributed by atoms with Gasteiger partial charge >= 0.3 is 0 Å². The van der Waals surface area contributed by atoms with Gasteiger partial charge in [-0.2, -0.15) is 0 Å². The van der Waals surface area contributed by atoms with E-state index in [1.165, 1.54) is 6.20 Å². The molecular formula is C5H6N2O3S. The molecule has 6 heteroatoms. The van der Waals surface area contributed by atoms with Crippen molar-refractivity contribution in [3.05, 3.63) is 18.2 Å². The average molecular weight is 174 g/mol. The molecule has 0 aliphatic carbocycles. The van der Waals surface area contributed by atoms with E-state index in [0.717, 1.165) is 16.6 Å². The smallest absolute Gasteiger partial charge is 0.237 e. The van der Waals surface area contributed by atoms with Crippen LogP contribution in [0.3, 0.4) is 0 Å². The zero-order chi connectivity index (χ0) is 8.48. The molecule has 5 nitrogen and oxygen atoms in total. The van der Waals surface area contributed by atoms with Gasteiger partial charge in [0, 0.05) is 0 Å². The number of hydrogen-bond donors (Lipinski definition) is 0. The maximum absolute atomic E-state index is 10.8. The molecule has 0 bridgehead atoms. The van der Waals surface area contributed by atoms with E-state index >= 15 is 0 Å². The number of imidazole rings is 1. The summed E-state index contributed by atoms with van der Waals surface area (Å²) < 4.78 is 22.5. The molecule has 1 aromatic heterocycles. The fourth-order valence-electron chi connectivity index (χ4n) is 0.653. The summed E-state index contributed by atoms with van der Waals surface area (Å²) in [5.41, 5.74) is 0.0347. The summed E-state index contributed by atoms with van der Waals surface area (Å²) in [7, 11) is -3.38. The van der Waals surface area contributed by atoms with Gasteiger partial charge < -0.3 is 0 Å². The second kappa shape index (κ2) is 2.46. The quantitative estimate of drug-likeness (QED) is 0.567. The molecule has 0 atom stereocenters. The molecule has 0 aliphatic rings. The first-order valence-corrected chi connectivity index (χ1v) is 4.58. The SMILES string of the molecule is CS(=O)(=O)n1cncc1C=O. The van der Waals surface area contributed by atoms with Crippen LogP contribution in [0.2, 0.25) is 0 Å². The van der Waals surface area contributed by atoms with Crippen LogP contribution >= 0.6 is 0 Å². The molecule has 0 aromatic carbocycles. The highest BCUT2D eigenvalue weighted by molar-refractivity contribution is 7.89. The summed E-state index contributed by atoms with van der Waals surface area (Å²) in [6, 6.07) is 0. The molecule has 0 unspecified atom stereocenters. The Kier molecular flexibility index (Phi) is 1.77. The Hall–Kier alpha value is -1.17. The molecule has 1 rings (SSSR count). The lowest BCUT2D eigenvalue weighted by atomic mass is 10.6. The highest BCUT2D eigenvalue weighted by Crippen LogP contribution is 1.98. The van der Waals surface area contributed by atoms with Gasteiger partial charge in [-0.05, 0) is 0 Å². The topological polar surface area (TPSA) is 69.0 Å². The van der Waals surface area contributed by atoms with Gasteiger partial charge in [-0.1, -0.05) is 0 Å². The molecule has 0 aliphatic heterocycles. The van der Waals surface area contributed by atoms with Crippen LogP contribution in [-0.2, 0) is 10.0 Å². The third-order valence-electron chi connectivity index (χ3n) is 1.11. The van der Waals surface area contributed by atoms with E-state index in [-0.39, 0.29) is 5.69 Å². The van der Waals surface area contributed by atoms with Crippen LogP contribution in [0, 0.1) is 0 Å². The minimum Gasteiger partial charge on any atom is -0.296 e. The van der Waals surface area contributed by atoms with Gasteiger partial charge in [0.1, 0.15) is 12.0 Å². The predicted molar refractivity (Wildman–Crippen MR) is 37.9 cm³/mol. The lowest BCUT2D eigenvalue weighted by Gasteiger charge is -1.97. The van der Waals surface area contributed by atoms with Crippen LogP contribution in [-0.4, -0.2) is 29.9 Å². The second-order valence-corrected chi connectivity index (χ2v) is 3.85. The fourth-order valence-corrected chi connectivity index (χ4v) is 1.35. The monoisotopic (exact) mass is 174 g/mol. The normalized spacial score (nSPS) is 11.4. The van der Waals surface area contributed by atoms with Crippen LogP contribution in [0.5, 0.6) is 0 Å². The van der Waals surface area contributed by atoms with Gasteiger partial charge in [-0.3, -0.25) is 4.79 Å². The number of carbonyl (C=O) groups excluding carboxylic acids is 1. The van der Waals surface area contributed by atoms with Gasteiger partial charge in [0.05, 0.1) is 12.5 Å². The first-order chi connectivity index (χ1) is 5.05. The Bertz CT molecular complexity index is 365. The van der Waals surface area contributed by atoms with Crippen LogP contribution < -0.4 is 0 Å². The molecule has 1 heterocycles. The van der Waals surface area contributed by atoms with Gasteiger partial charge in [0.2, 0.25) is 10.0 Å². The Morgan fingerprint density at radius 2 is 2.27 bits per heavy atom. The molecule has 0 saturated carbocycles. The third-order valence-corrected chi connectivity index (χ3v) is 2.13. The van der Waals surface area contributed by atoms with Gasteiger partial charge in [-0.15, -0.1) is 0 Å². The lowest BCUT2D eigenvalue weighted by molar-refractivity contribution is 0.111. The van der Waals surface area contributed by atoms with E-state index in [1.54, 1.807) is 0 Å². The first-order valence-electron chi connectivity index (χ1n) is 2.74. The van der Waals surface area contributed by atoms with Crippen molar-refractivity contribution < 1.29 is 13.2 Å². The van der Waals surface area contributed by atoms with Crippen LogP contribution in [0.4, 0.5) is 0 Å².